The first-order valence-electron chi connectivity index (χ1n) is 10.8. The number of rotatable bonds is 7. The van der Waals surface area contributed by atoms with Crippen LogP contribution in [0.4, 0.5) is 10.8 Å². The van der Waals surface area contributed by atoms with Crippen molar-refractivity contribution in [1.29, 1.82) is 0 Å². The van der Waals surface area contributed by atoms with Gasteiger partial charge in [-0.05, 0) is 30.7 Å². The Hall–Kier alpha value is -3.40. The largest absolute Gasteiger partial charge is 0.497 e. The first kappa shape index (κ1) is 22.8. The maximum Gasteiger partial charge on any atom is 0.224 e. The molecule has 0 aliphatic carbocycles. The predicted molar refractivity (Wildman–Crippen MR) is 128 cm³/mol. The Morgan fingerprint density at radius 3 is 2.76 bits per heavy atom. The number of carbonyl (C=O) groups excluding carboxylic acids is 2. The van der Waals surface area contributed by atoms with Gasteiger partial charge in [0, 0.05) is 51.3 Å². The summed E-state index contributed by atoms with van der Waals surface area (Å²) in [6, 6.07) is 9.02. The normalized spacial score (nSPS) is 14.1. The lowest BCUT2D eigenvalue weighted by Crippen LogP contribution is -2.35. The highest BCUT2D eigenvalue weighted by Gasteiger charge is 2.22. The zero-order chi connectivity index (χ0) is 23.2. The third kappa shape index (κ3) is 5.51. The molecule has 1 saturated heterocycles. The molecular formula is C23H27N5O4S. The fourth-order valence-corrected chi connectivity index (χ4v) is 4.72. The average molecular weight is 470 g/mol. The van der Waals surface area contributed by atoms with E-state index in [2.05, 4.69) is 20.2 Å². The number of ether oxygens (including phenoxy) is 2. The zero-order valence-corrected chi connectivity index (χ0v) is 19.6. The first-order valence-corrected chi connectivity index (χ1v) is 11.6. The zero-order valence-electron chi connectivity index (χ0n) is 18.7. The van der Waals surface area contributed by atoms with E-state index in [4.69, 9.17) is 9.47 Å². The number of amides is 2. The number of anilines is 2. The van der Waals surface area contributed by atoms with Gasteiger partial charge in [0.2, 0.25) is 11.8 Å². The third-order valence-electron chi connectivity index (χ3n) is 5.52. The van der Waals surface area contributed by atoms with Crippen LogP contribution in [-0.4, -0.2) is 67.1 Å². The molecule has 9 nitrogen and oxygen atoms in total. The number of hydrogen-bond donors (Lipinski definition) is 1. The molecule has 1 aliphatic rings. The average Bonchev–Trinajstić information content (AvgIpc) is 3.11. The van der Waals surface area contributed by atoms with Gasteiger partial charge in [0.15, 0.2) is 5.13 Å². The number of nitrogens with one attached hydrogen (secondary N) is 1. The van der Waals surface area contributed by atoms with Crippen LogP contribution >= 0.6 is 11.3 Å². The van der Waals surface area contributed by atoms with Gasteiger partial charge < -0.3 is 24.6 Å². The van der Waals surface area contributed by atoms with Crippen molar-refractivity contribution in [2.24, 2.45) is 0 Å². The van der Waals surface area contributed by atoms with Crippen LogP contribution < -0.4 is 19.7 Å². The lowest BCUT2D eigenvalue weighted by atomic mass is 10.2. The number of thiazole rings is 1. The summed E-state index contributed by atoms with van der Waals surface area (Å²) in [7, 11) is 3.09. The van der Waals surface area contributed by atoms with E-state index in [1.807, 2.05) is 17.0 Å². The van der Waals surface area contributed by atoms with Crippen molar-refractivity contribution >= 4 is 44.3 Å². The molecule has 3 heterocycles. The van der Waals surface area contributed by atoms with E-state index < -0.39 is 0 Å². The van der Waals surface area contributed by atoms with Crippen LogP contribution in [0.15, 0.2) is 36.5 Å². The Labute approximate surface area is 196 Å². The lowest BCUT2D eigenvalue weighted by molar-refractivity contribution is -0.132. The monoisotopic (exact) mass is 469 g/mol. The fourth-order valence-electron chi connectivity index (χ4n) is 3.75. The Bertz CT molecular complexity index is 1100. The summed E-state index contributed by atoms with van der Waals surface area (Å²) in [6.07, 6.45) is 2.88. The topological polar surface area (TPSA) is 96.9 Å². The highest BCUT2D eigenvalue weighted by atomic mass is 32.1. The molecule has 1 fully saturated rings. The summed E-state index contributed by atoms with van der Waals surface area (Å²) in [5.41, 5.74) is 1.42. The van der Waals surface area contributed by atoms with Gasteiger partial charge in [-0.2, -0.15) is 0 Å². The van der Waals surface area contributed by atoms with Crippen LogP contribution in [0.1, 0.15) is 19.3 Å². The molecule has 174 valence electrons. The molecule has 10 heteroatoms. The number of aromatic nitrogens is 2. The molecule has 0 bridgehead atoms. The van der Waals surface area contributed by atoms with Gasteiger partial charge in [0.05, 0.1) is 19.9 Å². The summed E-state index contributed by atoms with van der Waals surface area (Å²) < 4.78 is 10.5. The number of hydrogen-bond acceptors (Lipinski definition) is 8. The molecule has 2 aromatic heterocycles. The number of nitrogens with zero attached hydrogens (tertiary/aromatic N) is 4. The van der Waals surface area contributed by atoms with Gasteiger partial charge in [-0.25, -0.2) is 9.97 Å². The summed E-state index contributed by atoms with van der Waals surface area (Å²) in [5, 5.41) is 3.75. The second kappa shape index (κ2) is 10.5. The molecule has 1 aliphatic heterocycles. The van der Waals surface area contributed by atoms with Gasteiger partial charge in [0.1, 0.15) is 21.8 Å². The van der Waals surface area contributed by atoms with E-state index in [0.29, 0.717) is 36.8 Å². The smallest absolute Gasteiger partial charge is 0.224 e. The van der Waals surface area contributed by atoms with Crippen molar-refractivity contribution < 1.29 is 19.1 Å². The summed E-state index contributed by atoms with van der Waals surface area (Å²) >= 11 is 1.57. The molecule has 2 amide bonds. The number of pyridine rings is 1. The molecule has 0 atom stereocenters. The number of carbonyl (C=O) groups is 2. The second-order valence-corrected chi connectivity index (χ2v) is 8.62. The molecule has 0 spiro atoms. The van der Waals surface area contributed by atoms with E-state index in [9.17, 15) is 9.59 Å². The van der Waals surface area contributed by atoms with Crippen LogP contribution in [0, 0.1) is 0 Å². The van der Waals surface area contributed by atoms with Crippen LogP contribution in [0.2, 0.25) is 0 Å². The van der Waals surface area contributed by atoms with Crippen LogP contribution in [0.3, 0.4) is 0 Å². The highest BCUT2D eigenvalue weighted by Crippen LogP contribution is 2.29. The van der Waals surface area contributed by atoms with Gasteiger partial charge >= 0.3 is 0 Å². The molecule has 33 heavy (non-hydrogen) atoms. The van der Waals surface area contributed by atoms with Gasteiger partial charge in [0.25, 0.3) is 0 Å². The first-order chi connectivity index (χ1) is 16.1. The second-order valence-electron chi connectivity index (χ2n) is 7.66. The number of methoxy groups -OCH3 is 2. The van der Waals surface area contributed by atoms with Crippen LogP contribution in [0.25, 0.3) is 10.3 Å². The van der Waals surface area contributed by atoms with E-state index in [0.717, 1.165) is 28.4 Å². The fraction of sp³-hybridized carbons (Fsp3) is 0.391. The van der Waals surface area contributed by atoms with Crippen LogP contribution in [0.5, 0.6) is 11.5 Å². The Morgan fingerprint density at radius 2 is 1.97 bits per heavy atom. The summed E-state index contributed by atoms with van der Waals surface area (Å²) in [6.45, 7) is 2.82. The van der Waals surface area contributed by atoms with Crippen molar-refractivity contribution in [2.45, 2.75) is 19.3 Å². The molecule has 3 aromatic rings. The minimum absolute atomic E-state index is 0.0180. The maximum absolute atomic E-state index is 12.8. The Balaban J connectivity index is 1.29. The molecule has 4 rings (SSSR count). The van der Waals surface area contributed by atoms with Gasteiger partial charge in [-0.15, -0.1) is 0 Å². The number of fused-ring (bicyclic) bond motifs is 1. The molecule has 0 radical (unpaired) electrons. The third-order valence-corrected chi connectivity index (χ3v) is 6.56. The SMILES string of the molecule is COc1ccc(OC)c(NC(=O)CCC(=O)N2CCCN(c3nc4cccnc4s3)CC2)c1. The van der Waals surface area contributed by atoms with Crippen molar-refractivity contribution in [1.82, 2.24) is 14.9 Å². The van der Waals surface area contributed by atoms with Crippen molar-refractivity contribution in [3.8, 4) is 11.5 Å². The minimum Gasteiger partial charge on any atom is -0.497 e. The molecule has 1 N–H and O–H groups in total. The minimum atomic E-state index is -0.242. The predicted octanol–water partition coefficient (Wildman–Crippen LogP) is 3.17. The van der Waals surface area contributed by atoms with Crippen molar-refractivity contribution in [3.05, 3.63) is 36.5 Å². The van der Waals surface area contributed by atoms with Gasteiger partial charge in [-0.1, -0.05) is 11.3 Å². The van der Waals surface area contributed by atoms with Gasteiger partial charge in [-0.3, -0.25) is 9.59 Å². The standard InChI is InChI=1S/C23H27N5O4S/c1-31-16-6-7-19(32-2)18(15-16)25-20(29)8-9-21(30)27-11-4-12-28(14-13-27)23-26-17-5-3-10-24-22(17)33-23/h3,5-7,10,15H,4,8-9,11-14H2,1-2H3,(H,25,29). The van der Waals surface area contributed by atoms with Crippen LogP contribution in [-0.2, 0) is 9.59 Å². The van der Waals surface area contributed by atoms with E-state index >= 15 is 0 Å². The molecular weight excluding hydrogens is 442 g/mol. The van der Waals surface area contributed by atoms with Crippen molar-refractivity contribution in [2.75, 3.05) is 50.6 Å². The maximum atomic E-state index is 12.8. The van der Waals surface area contributed by atoms with E-state index in [-0.39, 0.29) is 24.7 Å². The Kier molecular flexibility index (Phi) is 7.23. The number of benzene rings is 1. The molecule has 0 saturated carbocycles. The van der Waals surface area contributed by atoms with E-state index in [1.54, 1.807) is 42.8 Å². The summed E-state index contributed by atoms with van der Waals surface area (Å²) in [5.74, 6) is 0.886. The molecule has 1 aromatic carbocycles. The van der Waals surface area contributed by atoms with Crippen molar-refractivity contribution in [3.63, 3.8) is 0 Å². The Morgan fingerprint density at radius 1 is 1.09 bits per heavy atom. The lowest BCUT2D eigenvalue weighted by Gasteiger charge is -2.21. The van der Waals surface area contributed by atoms with E-state index in [1.165, 1.54) is 7.11 Å². The summed E-state index contributed by atoms with van der Waals surface area (Å²) in [4.78, 5) is 39.2. The molecule has 0 unspecified atom stereocenters. The highest BCUT2D eigenvalue weighted by molar-refractivity contribution is 7.21. The quantitative estimate of drug-likeness (QED) is 0.568.